The first kappa shape index (κ1) is 13.8. The Morgan fingerprint density at radius 3 is 2.89 bits per heavy atom. The fourth-order valence-electron chi connectivity index (χ4n) is 2.49. The van der Waals surface area contributed by atoms with Crippen LogP contribution in [0.5, 0.6) is 5.75 Å². The first-order valence-electron chi connectivity index (χ1n) is 6.36. The van der Waals surface area contributed by atoms with E-state index in [0.29, 0.717) is 5.92 Å². The molecule has 1 aliphatic heterocycles. The van der Waals surface area contributed by atoms with Gasteiger partial charge in [-0.2, -0.15) is 0 Å². The van der Waals surface area contributed by atoms with Crippen molar-refractivity contribution in [1.29, 1.82) is 0 Å². The van der Waals surface area contributed by atoms with Crippen LogP contribution in [0.25, 0.3) is 0 Å². The van der Waals surface area contributed by atoms with E-state index in [1.807, 2.05) is 18.2 Å². The molecule has 0 radical (unpaired) electrons. The molecule has 1 fully saturated rings. The predicted octanol–water partition coefficient (Wildman–Crippen LogP) is 2.88. The molecule has 0 spiro atoms. The maximum absolute atomic E-state index is 10.4. The molecule has 1 heterocycles. The van der Waals surface area contributed by atoms with Gasteiger partial charge >= 0.3 is 0 Å². The van der Waals surface area contributed by atoms with Crippen molar-refractivity contribution >= 4 is 15.9 Å². The lowest BCUT2D eigenvalue weighted by Gasteiger charge is -2.32. The molecule has 3 unspecified atom stereocenters. The molecule has 3 atom stereocenters. The molecule has 0 saturated carbocycles. The van der Waals surface area contributed by atoms with Gasteiger partial charge in [0.05, 0.1) is 17.7 Å². The summed E-state index contributed by atoms with van der Waals surface area (Å²) in [6.45, 7) is 3.23. The van der Waals surface area contributed by atoms with Crippen molar-refractivity contribution < 1.29 is 9.84 Å². The lowest BCUT2D eigenvalue weighted by atomic mass is 9.89. The Hall–Kier alpha value is -0.580. The normalized spacial score (nSPS) is 25.8. The summed E-state index contributed by atoms with van der Waals surface area (Å²) in [6, 6.07) is 5.89. The highest BCUT2D eigenvalue weighted by Gasteiger charge is 2.26. The third-order valence-electron chi connectivity index (χ3n) is 3.60. The SMILES string of the molecule is COc1ccc(C(O)C2CC(C)CCN2)cc1Br. The van der Waals surface area contributed by atoms with Crippen molar-refractivity contribution in [2.24, 2.45) is 5.92 Å². The topological polar surface area (TPSA) is 41.5 Å². The molecule has 0 bridgehead atoms. The molecule has 2 rings (SSSR count). The Labute approximate surface area is 117 Å². The third-order valence-corrected chi connectivity index (χ3v) is 4.22. The van der Waals surface area contributed by atoms with Crippen LogP contribution in [-0.2, 0) is 0 Å². The molecule has 1 aliphatic rings. The van der Waals surface area contributed by atoms with Crippen LogP contribution in [0, 0.1) is 5.92 Å². The average Bonchev–Trinajstić information content (AvgIpc) is 2.37. The lowest BCUT2D eigenvalue weighted by Crippen LogP contribution is -2.41. The first-order chi connectivity index (χ1) is 8.61. The summed E-state index contributed by atoms with van der Waals surface area (Å²) in [5.74, 6) is 1.46. The molecular formula is C14H20BrNO2. The van der Waals surface area contributed by atoms with Crippen LogP contribution in [0.3, 0.4) is 0 Å². The number of rotatable bonds is 3. The van der Waals surface area contributed by atoms with Gasteiger partial charge in [0.1, 0.15) is 5.75 Å². The number of nitrogens with one attached hydrogen (secondary N) is 1. The Bertz CT molecular complexity index is 411. The lowest BCUT2D eigenvalue weighted by molar-refractivity contribution is 0.101. The van der Waals surface area contributed by atoms with Crippen molar-refractivity contribution in [3.8, 4) is 5.75 Å². The number of halogens is 1. The van der Waals surface area contributed by atoms with Crippen LogP contribution >= 0.6 is 15.9 Å². The summed E-state index contributed by atoms with van der Waals surface area (Å²) in [4.78, 5) is 0. The van der Waals surface area contributed by atoms with E-state index in [2.05, 4.69) is 28.2 Å². The summed E-state index contributed by atoms with van der Waals surface area (Å²) < 4.78 is 6.08. The van der Waals surface area contributed by atoms with Gasteiger partial charge < -0.3 is 15.2 Å². The number of aliphatic hydroxyl groups excluding tert-OH is 1. The van der Waals surface area contributed by atoms with E-state index in [9.17, 15) is 5.11 Å². The molecule has 3 nitrogen and oxygen atoms in total. The molecule has 0 aromatic heterocycles. The molecule has 100 valence electrons. The highest BCUT2D eigenvalue weighted by atomic mass is 79.9. The molecule has 4 heteroatoms. The number of piperidine rings is 1. The Morgan fingerprint density at radius 1 is 1.50 bits per heavy atom. The minimum atomic E-state index is -0.463. The molecule has 0 aliphatic carbocycles. The van der Waals surface area contributed by atoms with Crippen LogP contribution in [0.4, 0.5) is 0 Å². The fraction of sp³-hybridized carbons (Fsp3) is 0.571. The zero-order valence-corrected chi connectivity index (χ0v) is 12.4. The zero-order chi connectivity index (χ0) is 13.1. The molecule has 1 aromatic carbocycles. The van der Waals surface area contributed by atoms with Gasteiger partial charge in [0.25, 0.3) is 0 Å². The van der Waals surface area contributed by atoms with E-state index >= 15 is 0 Å². The van der Waals surface area contributed by atoms with Crippen molar-refractivity contribution in [2.75, 3.05) is 13.7 Å². The second-order valence-corrected chi connectivity index (χ2v) is 5.88. The number of benzene rings is 1. The van der Waals surface area contributed by atoms with Crippen LogP contribution < -0.4 is 10.1 Å². The quantitative estimate of drug-likeness (QED) is 0.901. The molecule has 1 aromatic rings. The molecule has 2 N–H and O–H groups in total. The fourth-order valence-corrected chi connectivity index (χ4v) is 3.05. The maximum atomic E-state index is 10.4. The zero-order valence-electron chi connectivity index (χ0n) is 10.8. The minimum absolute atomic E-state index is 0.147. The van der Waals surface area contributed by atoms with Gasteiger partial charge in [-0.25, -0.2) is 0 Å². The van der Waals surface area contributed by atoms with Crippen LogP contribution in [-0.4, -0.2) is 24.8 Å². The Balaban J connectivity index is 2.12. The van der Waals surface area contributed by atoms with Gasteiger partial charge in [-0.05, 0) is 58.9 Å². The van der Waals surface area contributed by atoms with E-state index < -0.39 is 6.10 Å². The van der Waals surface area contributed by atoms with Gasteiger partial charge in [0.15, 0.2) is 0 Å². The summed E-state index contributed by atoms with van der Waals surface area (Å²) in [6.07, 6.45) is 1.75. The third kappa shape index (κ3) is 3.05. The van der Waals surface area contributed by atoms with Gasteiger partial charge in [-0.1, -0.05) is 13.0 Å². The van der Waals surface area contributed by atoms with E-state index in [-0.39, 0.29) is 6.04 Å². The Kier molecular flexibility index (Phi) is 4.65. The van der Waals surface area contributed by atoms with Crippen molar-refractivity contribution in [1.82, 2.24) is 5.32 Å². The standard InChI is InChI=1S/C14H20BrNO2/c1-9-5-6-16-12(7-9)14(17)10-3-4-13(18-2)11(15)8-10/h3-4,8-9,12,14,16-17H,5-7H2,1-2H3. The average molecular weight is 314 g/mol. The van der Waals surface area contributed by atoms with Crippen molar-refractivity contribution in [3.05, 3.63) is 28.2 Å². The number of hydrogen-bond donors (Lipinski definition) is 2. The van der Waals surface area contributed by atoms with Gasteiger partial charge in [0, 0.05) is 6.04 Å². The van der Waals surface area contributed by atoms with E-state index in [1.165, 1.54) is 6.42 Å². The van der Waals surface area contributed by atoms with Gasteiger partial charge in [0.2, 0.25) is 0 Å². The molecule has 18 heavy (non-hydrogen) atoms. The highest BCUT2D eigenvalue weighted by molar-refractivity contribution is 9.10. The smallest absolute Gasteiger partial charge is 0.133 e. The van der Waals surface area contributed by atoms with Crippen LogP contribution in [0.15, 0.2) is 22.7 Å². The second kappa shape index (κ2) is 6.04. The first-order valence-corrected chi connectivity index (χ1v) is 7.16. The number of methoxy groups -OCH3 is 1. The molecule has 0 amide bonds. The van der Waals surface area contributed by atoms with E-state index in [0.717, 1.165) is 28.8 Å². The largest absolute Gasteiger partial charge is 0.496 e. The van der Waals surface area contributed by atoms with Crippen LogP contribution in [0.1, 0.15) is 31.4 Å². The maximum Gasteiger partial charge on any atom is 0.133 e. The second-order valence-electron chi connectivity index (χ2n) is 5.03. The number of aliphatic hydroxyl groups is 1. The van der Waals surface area contributed by atoms with E-state index in [1.54, 1.807) is 7.11 Å². The summed E-state index contributed by atoms with van der Waals surface area (Å²) in [5.41, 5.74) is 0.925. The monoisotopic (exact) mass is 313 g/mol. The van der Waals surface area contributed by atoms with Gasteiger partial charge in [-0.15, -0.1) is 0 Å². The predicted molar refractivity (Wildman–Crippen MR) is 75.8 cm³/mol. The summed E-state index contributed by atoms with van der Waals surface area (Å²) in [5, 5.41) is 13.8. The number of ether oxygens (including phenoxy) is 1. The summed E-state index contributed by atoms with van der Waals surface area (Å²) >= 11 is 3.45. The van der Waals surface area contributed by atoms with Crippen LogP contribution in [0.2, 0.25) is 0 Å². The van der Waals surface area contributed by atoms with Gasteiger partial charge in [-0.3, -0.25) is 0 Å². The summed E-state index contributed by atoms with van der Waals surface area (Å²) in [7, 11) is 1.64. The van der Waals surface area contributed by atoms with Crippen molar-refractivity contribution in [2.45, 2.75) is 31.9 Å². The van der Waals surface area contributed by atoms with Crippen molar-refractivity contribution in [3.63, 3.8) is 0 Å². The molecule has 1 saturated heterocycles. The highest BCUT2D eigenvalue weighted by Crippen LogP contribution is 2.31. The van der Waals surface area contributed by atoms with E-state index in [4.69, 9.17) is 4.74 Å². The number of hydrogen-bond acceptors (Lipinski definition) is 3. The minimum Gasteiger partial charge on any atom is -0.496 e. The Morgan fingerprint density at radius 2 is 2.28 bits per heavy atom. The molecular weight excluding hydrogens is 294 g/mol.